The highest BCUT2D eigenvalue weighted by Gasteiger charge is 2.27. The Hall–Kier alpha value is -0.890. The van der Waals surface area contributed by atoms with E-state index in [1.54, 1.807) is 6.07 Å². The van der Waals surface area contributed by atoms with E-state index in [0.29, 0.717) is 24.0 Å². The number of aromatic nitrogens is 1. The number of aromatic amines is 1. The SMILES string of the molecule is CCN(CCNS(=O)(=O)c1c[nH]c(CNC)c1)C1CC1. The van der Waals surface area contributed by atoms with Crippen molar-refractivity contribution < 1.29 is 8.42 Å². The number of nitrogens with one attached hydrogen (secondary N) is 3. The van der Waals surface area contributed by atoms with E-state index in [-0.39, 0.29) is 0 Å². The summed E-state index contributed by atoms with van der Waals surface area (Å²) in [5.41, 5.74) is 0.862. The first-order valence-electron chi connectivity index (χ1n) is 7.12. The normalized spacial score (nSPS) is 15.9. The molecule has 7 heteroatoms. The lowest BCUT2D eigenvalue weighted by atomic mass is 10.4. The van der Waals surface area contributed by atoms with Crippen molar-refractivity contribution in [2.45, 2.75) is 37.2 Å². The van der Waals surface area contributed by atoms with Gasteiger partial charge in [-0.15, -0.1) is 0 Å². The molecule has 114 valence electrons. The molecule has 0 aromatic carbocycles. The summed E-state index contributed by atoms with van der Waals surface area (Å²) in [6.45, 7) is 4.94. The molecule has 1 fully saturated rings. The van der Waals surface area contributed by atoms with Crippen LogP contribution >= 0.6 is 0 Å². The predicted octanol–water partition coefficient (Wildman–Crippen LogP) is 0.497. The molecule has 0 bridgehead atoms. The average Bonchev–Trinajstić information content (AvgIpc) is 3.14. The second-order valence-corrected chi connectivity index (χ2v) is 6.92. The van der Waals surface area contributed by atoms with E-state index in [0.717, 1.165) is 18.8 Å². The molecule has 1 aromatic rings. The summed E-state index contributed by atoms with van der Waals surface area (Å²) in [4.78, 5) is 5.59. The van der Waals surface area contributed by atoms with Crippen molar-refractivity contribution in [3.8, 4) is 0 Å². The van der Waals surface area contributed by atoms with E-state index in [9.17, 15) is 8.42 Å². The summed E-state index contributed by atoms with van der Waals surface area (Å²) < 4.78 is 26.9. The molecular formula is C13H24N4O2S. The predicted molar refractivity (Wildman–Crippen MR) is 79.0 cm³/mol. The average molecular weight is 300 g/mol. The van der Waals surface area contributed by atoms with E-state index in [1.807, 2.05) is 7.05 Å². The highest BCUT2D eigenvalue weighted by atomic mass is 32.2. The molecule has 1 saturated carbocycles. The molecule has 6 nitrogen and oxygen atoms in total. The third-order valence-corrected chi connectivity index (χ3v) is 4.99. The Morgan fingerprint density at radius 3 is 2.80 bits per heavy atom. The molecular weight excluding hydrogens is 276 g/mol. The molecule has 0 saturated heterocycles. The van der Waals surface area contributed by atoms with Crippen LogP contribution < -0.4 is 10.0 Å². The zero-order valence-electron chi connectivity index (χ0n) is 12.1. The van der Waals surface area contributed by atoms with Crippen molar-refractivity contribution in [2.75, 3.05) is 26.7 Å². The van der Waals surface area contributed by atoms with E-state index in [1.165, 1.54) is 19.0 Å². The summed E-state index contributed by atoms with van der Waals surface area (Å²) in [7, 11) is -1.58. The molecule has 2 rings (SSSR count). The Labute approximate surface area is 121 Å². The molecule has 0 spiro atoms. The van der Waals surface area contributed by atoms with Crippen LogP contribution in [-0.4, -0.2) is 51.0 Å². The van der Waals surface area contributed by atoms with Gasteiger partial charge in [0.1, 0.15) is 0 Å². The van der Waals surface area contributed by atoms with Crippen molar-refractivity contribution in [2.24, 2.45) is 0 Å². The van der Waals surface area contributed by atoms with Crippen LogP contribution in [0, 0.1) is 0 Å². The zero-order valence-corrected chi connectivity index (χ0v) is 13.0. The maximum Gasteiger partial charge on any atom is 0.242 e. The molecule has 20 heavy (non-hydrogen) atoms. The Balaban J connectivity index is 1.86. The standard InChI is InChI=1S/C13H24N4O2S/c1-3-17(12-4-5-12)7-6-16-20(18,19)13-8-11(9-14-2)15-10-13/h8,10,12,14-16H,3-7,9H2,1-2H3. The number of hydrogen-bond donors (Lipinski definition) is 3. The second-order valence-electron chi connectivity index (χ2n) is 5.15. The van der Waals surface area contributed by atoms with E-state index in [4.69, 9.17) is 0 Å². The Morgan fingerprint density at radius 1 is 1.45 bits per heavy atom. The van der Waals surface area contributed by atoms with Gasteiger partial charge in [-0.05, 0) is 32.5 Å². The lowest BCUT2D eigenvalue weighted by molar-refractivity contribution is 0.282. The van der Waals surface area contributed by atoms with Crippen LogP contribution in [-0.2, 0) is 16.6 Å². The van der Waals surface area contributed by atoms with Crippen LogP contribution in [0.2, 0.25) is 0 Å². The molecule has 1 aliphatic rings. The van der Waals surface area contributed by atoms with Gasteiger partial charge in [0.2, 0.25) is 10.0 Å². The van der Waals surface area contributed by atoms with Crippen molar-refractivity contribution in [1.82, 2.24) is 19.9 Å². The molecule has 1 heterocycles. The van der Waals surface area contributed by atoms with Crippen LogP contribution in [0.15, 0.2) is 17.2 Å². The van der Waals surface area contributed by atoms with Crippen molar-refractivity contribution >= 4 is 10.0 Å². The highest BCUT2D eigenvalue weighted by molar-refractivity contribution is 7.89. The maximum atomic E-state index is 12.1. The molecule has 0 atom stereocenters. The lowest BCUT2D eigenvalue weighted by Gasteiger charge is -2.19. The molecule has 0 radical (unpaired) electrons. The fourth-order valence-electron chi connectivity index (χ4n) is 2.31. The van der Waals surface area contributed by atoms with Crippen LogP contribution in [0.4, 0.5) is 0 Å². The zero-order chi connectivity index (χ0) is 14.6. The van der Waals surface area contributed by atoms with E-state index < -0.39 is 10.0 Å². The number of H-pyrrole nitrogens is 1. The number of rotatable bonds is 9. The molecule has 0 amide bonds. The minimum atomic E-state index is -3.40. The van der Waals surface area contributed by atoms with Gasteiger partial charge >= 0.3 is 0 Å². The van der Waals surface area contributed by atoms with Gasteiger partial charge in [0.05, 0.1) is 4.90 Å². The number of likely N-dealkylation sites (N-methyl/N-ethyl adjacent to an activating group) is 1. The third kappa shape index (κ3) is 4.05. The largest absolute Gasteiger partial charge is 0.363 e. The van der Waals surface area contributed by atoms with Gasteiger partial charge < -0.3 is 10.3 Å². The molecule has 3 N–H and O–H groups in total. The van der Waals surface area contributed by atoms with Crippen molar-refractivity contribution in [3.05, 3.63) is 18.0 Å². The molecule has 0 aliphatic heterocycles. The van der Waals surface area contributed by atoms with Crippen LogP contribution in [0.1, 0.15) is 25.5 Å². The van der Waals surface area contributed by atoms with Gasteiger partial charge in [0.25, 0.3) is 0 Å². The van der Waals surface area contributed by atoms with Crippen LogP contribution in [0.25, 0.3) is 0 Å². The van der Waals surface area contributed by atoms with Crippen LogP contribution in [0.3, 0.4) is 0 Å². The maximum absolute atomic E-state index is 12.1. The summed E-state index contributed by atoms with van der Waals surface area (Å²) in [6, 6.07) is 2.33. The fraction of sp³-hybridized carbons (Fsp3) is 0.692. The van der Waals surface area contributed by atoms with Gasteiger partial charge in [0, 0.05) is 37.6 Å². The summed E-state index contributed by atoms with van der Waals surface area (Å²) in [5, 5.41) is 2.98. The van der Waals surface area contributed by atoms with Gasteiger partial charge in [-0.3, -0.25) is 4.90 Å². The van der Waals surface area contributed by atoms with Gasteiger partial charge in [-0.25, -0.2) is 13.1 Å². The summed E-state index contributed by atoms with van der Waals surface area (Å²) >= 11 is 0. The number of nitrogens with zero attached hydrogens (tertiary/aromatic N) is 1. The smallest absolute Gasteiger partial charge is 0.242 e. The number of sulfonamides is 1. The quantitative estimate of drug-likeness (QED) is 0.620. The topological polar surface area (TPSA) is 77.2 Å². The van der Waals surface area contributed by atoms with E-state index in [2.05, 4.69) is 26.8 Å². The third-order valence-electron chi connectivity index (χ3n) is 3.55. The van der Waals surface area contributed by atoms with Crippen LogP contribution in [0.5, 0.6) is 0 Å². The van der Waals surface area contributed by atoms with Crippen molar-refractivity contribution in [1.29, 1.82) is 0 Å². The Morgan fingerprint density at radius 2 is 2.20 bits per heavy atom. The number of hydrogen-bond acceptors (Lipinski definition) is 4. The van der Waals surface area contributed by atoms with Gasteiger partial charge in [-0.1, -0.05) is 6.92 Å². The fourth-order valence-corrected chi connectivity index (χ4v) is 3.35. The molecule has 1 aromatic heterocycles. The first-order chi connectivity index (χ1) is 9.56. The molecule has 0 unspecified atom stereocenters. The Kier molecular flexibility index (Phi) is 5.20. The lowest BCUT2D eigenvalue weighted by Crippen LogP contribution is -2.36. The van der Waals surface area contributed by atoms with E-state index >= 15 is 0 Å². The van der Waals surface area contributed by atoms with Crippen molar-refractivity contribution in [3.63, 3.8) is 0 Å². The Bertz CT molecular complexity index is 522. The second kappa shape index (κ2) is 6.71. The van der Waals surface area contributed by atoms with Gasteiger partial charge in [-0.2, -0.15) is 0 Å². The minimum Gasteiger partial charge on any atom is -0.363 e. The summed E-state index contributed by atoms with van der Waals surface area (Å²) in [6.07, 6.45) is 4.02. The highest BCUT2D eigenvalue weighted by Crippen LogP contribution is 2.25. The van der Waals surface area contributed by atoms with Gasteiger partial charge in [0.15, 0.2) is 0 Å². The monoisotopic (exact) mass is 300 g/mol. The molecule has 1 aliphatic carbocycles. The minimum absolute atomic E-state index is 0.303. The first kappa shape index (κ1) is 15.5. The first-order valence-corrected chi connectivity index (χ1v) is 8.60. The summed E-state index contributed by atoms with van der Waals surface area (Å²) in [5.74, 6) is 0.